The van der Waals surface area contributed by atoms with Crippen LogP contribution in [-0.2, 0) is 4.74 Å². The van der Waals surface area contributed by atoms with E-state index in [0.29, 0.717) is 0 Å². The molecule has 0 amide bonds. The predicted octanol–water partition coefficient (Wildman–Crippen LogP) is 3.07. The van der Waals surface area contributed by atoms with Gasteiger partial charge in [-0.05, 0) is 43.5 Å². The van der Waals surface area contributed by atoms with Gasteiger partial charge in [-0.2, -0.15) is 0 Å². The molecule has 0 N–H and O–H groups in total. The van der Waals surface area contributed by atoms with Gasteiger partial charge in [-0.25, -0.2) is 9.36 Å². The van der Waals surface area contributed by atoms with Gasteiger partial charge < -0.3 is 4.74 Å². The number of nitrogens with zero attached hydrogens (tertiary/aromatic N) is 6. The van der Waals surface area contributed by atoms with Gasteiger partial charge in [0.2, 0.25) is 0 Å². The lowest BCUT2D eigenvalue weighted by molar-refractivity contribution is -0.132. The fourth-order valence-electron chi connectivity index (χ4n) is 3.34. The van der Waals surface area contributed by atoms with Crippen molar-refractivity contribution in [1.82, 2.24) is 30.0 Å². The Balaban J connectivity index is 1.50. The summed E-state index contributed by atoms with van der Waals surface area (Å²) in [7, 11) is 0. The van der Waals surface area contributed by atoms with Crippen molar-refractivity contribution < 1.29 is 4.74 Å². The smallest absolute Gasteiger partial charge is 0.155 e. The van der Waals surface area contributed by atoms with Gasteiger partial charge in [0.25, 0.3) is 0 Å². The Kier molecular flexibility index (Phi) is 3.05. The molecule has 120 valence electrons. The first-order valence-electron chi connectivity index (χ1n) is 8.15. The molecule has 1 saturated heterocycles. The minimum atomic E-state index is -0.140. The molecular formula is C17H16N6O. The molecule has 0 radical (unpaired) electrons. The van der Waals surface area contributed by atoms with Gasteiger partial charge in [0.15, 0.2) is 12.5 Å². The second-order valence-corrected chi connectivity index (χ2v) is 6.02. The highest BCUT2D eigenvalue weighted by Gasteiger charge is 2.28. The van der Waals surface area contributed by atoms with Crippen LogP contribution in [-0.4, -0.2) is 30.0 Å². The Morgan fingerprint density at radius 2 is 1.25 bits per heavy atom. The van der Waals surface area contributed by atoms with Crippen LogP contribution >= 0.6 is 0 Å². The zero-order chi connectivity index (χ0) is 15.9. The van der Waals surface area contributed by atoms with Crippen molar-refractivity contribution in [3.63, 3.8) is 0 Å². The molecule has 1 aliphatic rings. The molecule has 3 heterocycles. The van der Waals surface area contributed by atoms with Crippen LogP contribution in [0.15, 0.2) is 48.5 Å². The van der Waals surface area contributed by atoms with Gasteiger partial charge >= 0.3 is 0 Å². The SMILES string of the molecule is c1ccc2c(c1)nnn2C1CCCC(n2nnc3ccccc32)O1. The number of aromatic nitrogens is 6. The van der Waals surface area contributed by atoms with Gasteiger partial charge in [0.1, 0.15) is 11.0 Å². The minimum Gasteiger partial charge on any atom is -0.331 e. The summed E-state index contributed by atoms with van der Waals surface area (Å²) in [5, 5.41) is 17.0. The third-order valence-corrected chi connectivity index (χ3v) is 4.52. The highest BCUT2D eigenvalue weighted by atomic mass is 16.5. The predicted molar refractivity (Wildman–Crippen MR) is 88.1 cm³/mol. The zero-order valence-electron chi connectivity index (χ0n) is 13.0. The van der Waals surface area contributed by atoms with Crippen molar-refractivity contribution >= 4 is 22.1 Å². The third-order valence-electron chi connectivity index (χ3n) is 4.52. The van der Waals surface area contributed by atoms with Crippen LogP contribution in [0.1, 0.15) is 31.7 Å². The summed E-state index contributed by atoms with van der Waals surface area (Å²) in [5.74, 6) is 0. The van der Waals surface area contributed by atoms with E-state index in [0.717, 1.165) is 41.3 Å². The van der Waals surface area contributed by atoms with E-state index in [9.17, 15) is 0 Å². The van der Waals surface area contributed by atoms with Crippen LogP contribution in [0.25, 0.3) is 22.1 Å². The van der Waals surface area contributed by atoms with E-state index in [2.05, 4.69) is 20.6 Å². The summed E-state index contributed by atoms with van der Waals surface area (Å²) in [6.07, 6.45) is 2.59. The summed E-state index contributed by atoms with van der Waals surface area (Å²) in [5.41, 5.74) is 3.75. The maximum absolute atomic E-state index is 6.31. The van der Waals surface area contributed by atoms with Gasteiger partial charge in [0, 0.05) is 0 Å². The highest BCUT2D eigenvalue weighted by molar-refractivity contribution is 5.74. The number of rotatable bonds is 2. The second-order valence-electron chi connectivity index (χ2n) is 6.02. The lowest BCUT2D eigenvalue weighted by Crippen LogP contribution is -2.26. The van der Waals surface area contributed by atoms with E-state index in [-0.39, 0.29) is 12.5 Å². The molecule has 1 fully saturated rings. The first kappa shape index (κ1) is 13.6. The molecule has 5 rings (SSSR count). The Morgan fingerprint density at radius 1 is 0.750 bits per heavy atom. The van der Waals surface area contributed by atoms with Crippen LogP contribution in [0, 0.1) is 0 Å². The summed E-state index contributed by atoms with van der Waals surface area (Å²) in [4.78, 5) is 0. The van der Waals surface area contributed by atoms with Gasteiger partial charge in [-0.15, -0.1) is 10.2 Å². The molecule has 0 bridgehead atoms. The number of hydrogen-bond donors (Lipinski definition) is 0. The maximum atomic E-state index is 6.31. The average Bonchev–Trinajstić information content (AvgIpc) is 3.26. The number of benzene rings is 2. The fraction of sp³-hybridized carbons (Fsp3) is 0.294. The minimum absolute atomic E-state index is 0.140. The summed E-state index contributed by atoms with van der Waals surface area (Å²) in [6, 6.07) is 15.9. The zero-order valence-corrected chi connectivity index (χ0v) is 13.0. The standard InChI is InChI=1S/C17H16N6O/c1-3-8-14-12(6-1)18-20-22(14)16-10-5-11-17(24-16)23-15-9-4-2-7-13(15)19-21-23/h1-4,6-9,16-17H,5,10-11H2. The molecule has 2 aromatic heterocycles. The largest absolute Gasteiger partial charge is 0.331 e. The Bertz CT molecular complexity index is 926. The monoisotopic (exact) mass is 320 g/mol. The maximum Gasteiger partial charge on any atom is 0.155 e. The number of para-hydroxylation sites is 2. The summed E-state index contributed by atoms with van der Waals surface area (Å²) >= 11 is 0. The van der Waals surface area contributed by atoms with E-state index in [1.54, 1.807) is 0 Å². The Morgan fingerprint density at radius 3 is 1.79 bits per heavy atom. The lowest BCUT2D eigenvalue weighted by atomic mass is 10.1. The van der Waals surface area contributed by atoms with Crippen LogP contribution in [0.3, 0.4) is 0 Å². The van der Waals surface area contributed by atoms with Crippen LogP contribution < -0.4 is 0 Å². The van der Waals surface area contributed by atoms with Crippen molar-refractivity contribution in [2.24, 2.45) is 0 Å². The quantitative estimate of drug-likeness (QED) is 0.567. The molecule has 7 heteroatoms. The Labute approximate surface area is 137 Å². The van der Waals surface area contributed by atoms with Gasteiger partial charge in [-0.1, -0.05) is 34.7 Å². The molecule has 2 unspecified atom stereocenters. The molecular weight excluding hydrogens is 304 g/mol. The van der Waals surface area contributed by atoms with Crippen LogP contribution in [0.5, 0.6) is 0 Å². The molecule has 2 aromatic carbocycles. The van der Waals surface area contributed by atoms with Crippen molar-refractivity contribution in [3.05, 3.63) is 48.5 Å². The van der Waals surface area contributed by atoms with E-state index < -0.39 is 0 Å². The van der Waals surface area contributed by atoms with E-state index >= 15 is 0 Å². The fourth-order valence-corrected chi connectivity index (χ4v) is 3.34. The second kappa shape index (κ2) is 5.38. The lowest BCUT2D eigenvalue weighted by Gasteiger charge is -2.30. The van der Waals surface area contributed by atoms with E-state index in [1.807, 2.05) is 57.9 Å². The van der Waals surface area contributed by atoms with Crippen LogP contribution in [0.4, 0.5) is 0 Å². The number of hydrogen-bond acceptors (Lipinski definition) is 5. The van der Waals surface area contributed by atoms with Crippen molar-refractivity contribution in [3.8, 4) is 0 Å². The Hall–Kier alpha value is -2.80. The first-order chi connectivity index (χ1) is 11.9. The normalized spacial score (nSPS) is 21.5. The molecule has 0 aliphatic carbocycles. The molecule has 7 nitrogen and oxygen atoms in total. The molecule has 2 atom stereocenters. The number of ether oxygens (including phenoxy) is 1. The third kappa shape index (κ3) is 2.09. The van der Waals surface area contributed by atoms with Crippen molar-refractivity contribution in [1.29, 1.82) is 0 Å². The van der Waals surface area contributed by atoms with Gasteiger partial charge in [0.05, 0.1) is 11.0 Å². The first-order valence-corrected chi connectivity index (χ1v) is 8.15. The van der Waals surface area contributed by atoms with E-state index in [4.69, 9.17) is 4.74 Å². The molecule has 0 saturated carbocycles. The highest BCUT2D eigenvalue weighted by Crippen LogP contribution is 2.34. The summed E-state index contributed by atoms with van der Waals surface area (Å²) in [6.45, 7) is 0. The van der Waals surface area contributed by atoms with Crippen molar-refractivity contribution in [2.75, 3.05) is 0 Å². The molecule has 1 aliphatic heterocycles. The topological polar surface area (TPSA) is 70.7 Å². The average molecular weight is 320 g/mol. The van der Waals surface area contributed by atoms with E-state index in [1.165, 1.54) is 0 Å². The van der Waals surface area contributed by atoms with Crippen molar-refractivity contribution in [2.45, 2.75) is 31.7 Å². The molecule has 4 aromatic rings. The van der Waals surface area contributed by atoms with Gasteiger partial charge in [-0.3, -0.25) is 0 Å². The van der Waals surface area contributed by atoms with Crippen LogP contribution in [0.2, 0.25) is 0 Å². The molecule has 0 spiro atoms. The summed E-state index contributed by atoms with van der Waals surface area (Å²) < 4.78 is 10.1. The molecule has 24 heavy (non-hydrogen) atoms. The number of fused-ring (bicyclic) bond motifs is 2.